The second-order valence-electron chi connectivity index (χ2n) is 3.27. The first-order valence-corrected chi connectivity index (χ1v) is 5.47. The van der Waals surface area contributed by atoms with Gasteiger partial charge in [-0.3, -0.25) is 4.79 Å². The van der Waals surface area contributed by atoms with Gasteiger partial charge < -0.3 is 10.3 Å². The fourth-order valence-corrected chi connectivity index (χ4v) is 1.61. The summed E-state index contributed by atoms with van der Waals surface area (Å²) < 4.78 is 0.431. The van der Waals surface area contributed by atoms with Crippen LogP contribution in [0.25, 0.3) is 0 Å². The second-order valence-corrected chi connectivity index (χ2v) is 4.06. The standard InChI is InChI=1S/C9H10BrN5O/c1-5(8-11-2-3-12-8)14-6-4-13-15-9(16)7(6)10/h2-5H,1H3,(H,11,12)(H2,14,15,16). The van der Waals surface area contributed by atoms with Gasteiger partial charge in [0.05, 0.1) is 17.9 Å². The highest BCUT2D eigenvalue weighted by Crippen LogP contribution is 2.20. The number of H-pyrrole nitrogens is 2. The van der Waals surface area contributed by atoms with Crippen molar-refractivity contribution in [2.45, 2.75) is 13.0 Å². The van der Waals surface area contributed by atoms with Crippen molar-refractivity contribution in [2.75, 3.05) is 5.32 Å². The number of rotatable bonds is 3. The number of hydrogen-bond acceptors (Lipinski definition) is 4. The van der Waals surface area contributed by atoms with Gasteiger partial charge in [-0.1, -0.05) is 0 Å². The van der Waals surface area contributed by atoms with Crippen LogP contribution in [0.2, 0.25) is 0 Å². The lowest BCUT2D eigenvalue weighted by atomic mass is 10.3. The summed E-state index contributed by atoms with van der Waals surface area (Å²) in [6.45, 7) is 1.94. The first kappa shape index (κ1) is 10.9. The van der Waals surface area contributed by atoms with Crippen molar-refractivity contribution in [3.05, 3.63) is 39.2 Å². The quantitative estimate of drug-likeness (QED) is 0.795. The van der Waals surface area contributed by atoms with Crippen molar-refractivity contribution in [1.82, 2.24) is 20.2 Å². The summed E-state index contributed by atoms with van der Waals surface area (Å²) in [6.07, 6.45) is 4.97. The Morgan fingerprint density at radius 2 is 2.38 bits per heavy atom. The topological polar surface area (TPSA) is 86.5 Å². The maximum atomic E-state index is 11.3. The van der Waals surface area contributed by atoms with E-state index in [9.17, 15) is 4.79 Å². The van der Waals surface area contributed by atoms with Gasteiger partial charge in [-0.05, 0) is 22.9 Å². The molecule has 0 spiro atoms. The highest BCUT2D eigenvalue weighted by atomic mass is 79.9. The first-order chi connectivity index (χ1) is 7.68. The third-order valence-corrected chi connectivity index (χ3v) is 2.88. The van der Waals surface area contributed by atoms with Crippen LogP contribution in [0.3, 0.4) is 0 Å². The molecule has 0 saturated heterocycles. The predicted octanol–water partition coefficient (Wildman–Crippen LogP) is 1.43. The van der Waals surface area contributed by atoms with Crippen LogP contribution in [-0.4, -0.2) is 20.2 Å². The van der Waals surface area contributed by atoms with E-state index in [1.165, 1.54) is 0 Å². The Morgan fingerprint density at radius 3 is 3.06 bits per heavy atom. The predicted molar refractivity (Wildman–Crippen MR) is 63.2 cm³/mol. The molecular formula is C9H10BrN5O. The van der Waals surface area contributed by atoms with Gasteiger partial charge in [-0.15, -0.1) is 0 Å². The Balaban J connectivity index is 2.21. The minimum Gasteiger partial charge on any atom is -0.373 e. The molecule has 0 aliphatic rings. The van der Waals surface area contributed by atoms with Crippen LogP contribution in [0, 0.1) is 0 Å². The van der Waals surface area contributed by atoms with E-state index in [1.54, 1.807) is 18.6 Å². The molecule has 3 N–H and O–H groups in total. The molecule has 84 valence electrons. The Labute approximate surface area is 99.6 Å². The van der Waals surface area contributed by atoms with Gasteiger partial charge in [0.2, 0.25) is 0 Å². The van der Waals surface area contributed by atoms with E-state index in [1.807, 2.05) is 6.92 Å². The van der Waals surface area contributed by atoms with E-state index >= 15 is 0 Å². The van der Waals surface area contributed by atoms with Gasteiger partial charge in [0.25, 0.3) is 5.56 Å². The fourth-order valence-electron chi connectivity index (χ4n) is 1.30. The van der Waals surface area contributed by atoms with Gasteiger partial charge in [-0.2, -0.15) is 5.10 Å². The summed E-state index contributed by atoms with van der Waals surface area (Å²) >= 11 is 3.20. The van der Waals surface area contributed by atoms with Crippen molar-refractivity contribution < 1.29 is 0 Å². The molecule has 16 heavy (non-hydrogen) atoms. The third-order valence-electron chi connectivity index (χ3n) is 2.10. The minimum atomic E-state index is -0.267. The lowest BCUT2D eigenvalue weighted by Crippen LogP contribution is -2.15. The normalized spacial score (nSPS) is 12.4. The zero-order valence-corrected chi connectivity index (χ0v) is 10.1. The number of anilines is 1. The summed E-state index contributed by atoms with van der Waals surface area (Å²) in [5.41, 5.74) is 0.365. The molecule has 0 aliphatic carbocycles. The molecule has 1 atom stereocenters. The maximum Gasteiger partial charge on any atom is 0.280 e. The zero-order valence-electron chi connectivity index (χ0n) is 8.49. The largest absolute Gasteiger partial charge is 0.373 e. The summed E-state index contributed by atoms with van der Waals surface area (Å²) in [4.78, 5) is 18.4. The Morgan fingerprint density at radius 1 is 1.56 bits per heavy atom. The molecule has 0 radical (unpaired) electrons. The molecule has 2 aromatic heterocycles. The molecule has 2 rings (SSSR count). The van der Waals surface area contributed by atoms with Crippen molar-refractivity contribution in [3.63, 3.8) is 0 Å². The van der Waals surface area contributed by atoms with Crippen LogP contribution in [0.5, 0.6) is 0 Å². The SMILES string of the molecule is CC(Nc1cn[nH]c(=O)c1Br)c1ncc[nH]1. The van der Waals surface area contributed by atoms with Crippen LogP contribution >= 0.6 is 15.9 Å². The molecule has 0 amide bonds. The molecular weight excluding hydrogens is 274 g/mol. The zero-order chi connectivity index (χ0) is 11.5. The van der Waals surface area contributed by atoms with Crippen LogP contribution in [0.4, 0.5) is 5.69 Å². The number of nitrogens with one attached hydrogen (secondary N) is 3. The lowest BCUT2D eigenvalue weighted by molar-refractivity contribution is 0.804. The molecule has 0 aromatic carbocycles. The van der Waals surface area contributed by atoms with Crippen molar-refractivity contribution >= 4 is 21.6 Å². The van der Waals surface area contributed by atoms with E-state index in [0.29, 0.717) is 10.2 Å². The number of imidazole rings is 1. The molecule has 2 aromatic rings. The minimum absolute atomic E-state index is 0.0325. The molecule has 7 heteroatoms. The van der Waals surface area contributed by atoms with Gasteiger partial charge >= 0.3 is 0 Å². The summed E-state index contributed by atoms with van der Waals surface area (Å²) in [6, 6.07) is -0.0325. The highest BCUT2D eigenvalue weighted by Gasteiger charge is 2.10. The number of aromatic amines is 2. The highest BCUT2D eigenvalue weighted by molar-refractivity contribution is 9.10. The second kappa shape index (κ2) is 4.48. The summed E-state index contributed by atoms with van der Waals surface area (Å²) in [7, 11) is 0. The molecule has 6 nitrogen and oxygen atoms in total. The molecule has 0 saturated carbocycles. The molecule has 1 unspecified atom stereocenters. The number of aromatic nitrogens is 4. The Hall–Kier alpha value is -1.63. The average molecular weight is 284 g/mol. The lowest BCUT2D eigenvalue weighted by Gasteiger charge is -2.13. The van der Waals surface area contributed by atoms with Crippen LogP contribution in [0.15, 0.2) is 27.9 Å². The smallest absolute Gasteiger partial charge is 0.280 e. The fraction of sp³-hybridized carbons (Fsp3) is 0.222. The Kier molecular flexibility index (Phi) is 3.04. The average Bonchev–Trinajstić information content (AvgIpc) is 2.78. The monoisotopic (exact) mass is 283 g/mol. The van der Waals surface area contributed by atoms with Crippen LogP contribution in [-0.2, 0) is 0 Å². The molecule has 0 bridgehead atoms. The maximum absolute atomic E-state index is 11.3. The van der Waals surface area contributed by atoms with Gasteiger partial charge in [0, 0.05) is 12.4 Å². The van der Waals surface area contributed by atoms with E-state index in [4.69, 9.17) is 0 Å². The molecule has 2 heterocycles. The van der Waals surface area contributed by atoms with Gasteiger partial charge in [-0.25, -0.2) is 10.1 Å². The third kappa shape index (κ3) is 2.13. The van der Waals surface area contributed by atoms with E-state index in [2.05, 4.69) is 41.4 Å². The van der Waals surface area contributed by atoms with Crippen molar-refractivity contribution in [3.8, 4) is 0 Å². The van der Waals surface area contributed by atoms with Gasteiger partial charge in [0.15, 0.2) is 0 Å². The summed E-state index contributed by atoms with van der Waals surface area (Å²) in [5, 5.41) is 9.18. The van der Waals surface area contributed by atoms with Crippen LogP contribution in [0.1, 0.15) is 18.8 Å². The van der Waals surface area contributed by atoms with Gasteiger partial charge in [0.1, 0.15) is 10.3 Å². The van der Waals surface area contributed by atoms with Crippen molar-refractivity contribution in [2.24, 2.45) is 0 Å². The number of nitrogens with zero attached hydrogens (tertiary/aromatic N) is 2. The van der Waals surface area contributed by atoms with Crippen molar-refractivity contribution in [1.29, 1.82) is 0 Å². The molecule has 0 fully saturated rings. The van der Waals surface area contributed by atoms with E-state index in [0.717, 1.165) is 5.82 Å². The Bertz CT molecular complexity index is 521. The number of halogens is 1. The molecule has 0 aliphatic heterocycles. The first-order valence-electron chi connectivity index (χ1n) is 4.67. The van der Waals surface area contributed by atoms with Crippen LogP contribution < -0.4 is 10.9 Å². The number of hydrogen-bond donors (Lipinski definition) is 3. The summed E-state index contributed by atoms with van der Waals surface area (Å²) in [5.74, 6) is 0.798. The van der Waals surface area contributed by atoms with E-state index in [-0.39, 0.29) is 11.6 Å². The van der Waals surface area contributed by atoms with E-state index < -0.39 is 0 Å².